The molecule has 7 aliphatic heterocycles. The number of ether oxygens (including phenoxy) is 13. The van der Waals surface area contributed by atoms with Crippen molar-refractivity contribution in [2.75, 3.05) is 46.2 Å². The zero-order valence-electron chi connectivity index (χ0n) is 37.7. The fraction of sp³-hybridized carbons (Fsp3) is 1.00. The van der Waals surface area contributed by atoms with E-state index in [1.54, 1.807) is 0 Å². The number of hydrogen-bond donors (Lipinski definition) is 20. The van der Waals surface area contributed by atoms with Gasteiger partial charge in [-0.2, -0.15) is 0 Å². The standard InChI is InChI=1S/C39H66O33/c40-1-11-30(20(49)23(52)33(59)66-11)70-38-28(57)21(50)32(14(68-38)7-65-36-26(55)17(46)10(43)4-62-36)72-39-29(58)22(51)31(13(69-39)6-64-35-25(54)16(45)9(42)3-61-35)71-37-27(56)19(48)18(47)12(67-37)5-63-34-24(53)15(44)8(41)2-60-34/h8-59H,1-7H2/t8-,9-,10-,11-,12-,13-,14-,15+,16+,17+,18-,19+,20-,21-,22-,23-,24-,25-,26-,27-,28-,29-,30-,31-,32-,33-,34-,35-,36+,37+,38+,39+/m1/s1. The molecule has 20 N–H and O–H groups in total. The Morgan fingerprint density at radius 2 is 0.597 bits per heavy atom. The van der Waals surface area contributed by atoms with Gasteiger partial charge in [0.1, 0.15) is 153 Å². The van der Waals surface area contributed by atoms with E-state index in [2.05, 4.69) is 0 Å². The van der Waals surface area contributed by atoms with Crippen LogP contribution in [0.3, 0.4) is 0 Å². The molecule has 0 unspecified atom stereocenters. The number of aliphatic hydroxyl groups excluding tert-OH is 20. The maximum absolute atomic E-state index is 11.7. The van der Waals surface area contributed by atoms with Crippen LogP contribution < -0.4 is 0 Å². The third-order valence-corrected chi connectivity index (χ3v) is 13.3. The molecule has 0 aromatic heterocycles. The second-order valence-corrected chi connectivity index (χ2v) is 18.3. The highest BCUT2D eigenvalue weighted by Gasteiger charge is 2.56. The van der Waals surface area contributed by atoms with Gasteiger partial charge in [0.15, 0.2) is 44.0 Å². The van der Waals surface area contributed by atoms with Gasteiger partial charge in [0.25, 0.3) is 0 Å². The van der Waals surface area contributed by atoms with Crippen molar-refractivity contribution in [2.45, 2.75) is 197 Å². The lowest BCUT2D eigenvalue weighted by atomic mass is 9.95. The largest absolute Gasteiger partial charge is 0.394 e. The van der Waals surface area contributed by atoms with Crippen LogP contribution in [-0.4, -0.2) is 345 Å². The highest BCUT2D eigenvalue weighted by atomic mass is 16.8. The molecule has 33 nitrogen and oxygen atoms in total. The van der Waals surface area contributed by atoms with E-state index in [1.165, 1.54) is 0 Å². The lowest BCUT2D eigenvalue weighted by Crippen LogP contribution is -2.68. The molecule has 0 aliphatic carbocycles. The molecule has 0 aromatic carbocycles. The molecule has 7 heterocycles. The molecule has 0 saturated carbocycles. The first-order valence-electron chi connectivity index (χ1n) is 22.9. The molecule has 0 spiro atoms. The fourth-order valence-corrected chi connectivity index (χ4v) is 8.85. The lowest BCUT2D eigenvalue weighted by molar-refractivity contribution is -0.393. The van der Waals surface area contributed by atoms with Gasteiger partial charge in [0, 0.05) is 0 Å². The summed E-state index contributed by atoms with van der Waals surface area (Å²) in [5.41, 5.74) is 0. The minimum absolute atomic E-state index is 0.471. The number of hydrogen-bond acceptors (Lipinski definition) is 33. The minimum Gasteiger partial charge on any atom is -0.394 e. The van der Waals surface area contributed by atoms with Crippen LogP contribution in [0.15, 0.2) is 0 Å². The normalized spacial score (nSPS) is 53.8. The molecule has 420 valence electrons. The first-order chi connectivity index (χ1) is 34.0. The highest BCUT2D eigenvalue weighted by Crippen LogP contribution is 2.36. The molecule has 72 heavy (non-hydrogen) atoms. The molecule has 0 radical (unpaired) electrons. The maximum Gasteiger partial charge on any atom is 0.187 e. The summed E-state index contributed by atoms with van der Waals surface area (Å²) >= 11 is 0. The van der Waals surface area contributed by atoms with E-state index in [-0.39, 0.29) is 0 Å². The van der Waals surface area contributed by atoms with Crippen LogP contribution in [0.1, 0.15) is 0 Å². The van der Waals surface area contributed by atoms with Crippen molar-refractivity contribution in [3.63, 3.8) is 0 Å². The smallest absolute Gasteiger partial charge is 0.187 e. The van der Waals surface area contributed by atoms with Gasteiger partial charge in [0.2, 0.25) is 0 Å². The van der Waals surface area contributed by atoms with E-state index < -0.39 is 243 Å². The molecule has 0 aromatic rings. The van der Waals surface area contributed by atoms with Crippen molar-refractivity contribution in [1.82, 2.24) is 0 Å². The van der Waals surface area contributed by atoms with Crippen molar-refractivity contribution in [3.8, 4) is 0 Å². The Morgan fingerprint density at radius 1 is 0.292 bits per heavy atom. The van der Waals surface area contributed by atoms with Crippen LogP contribution in [-0.2, 0) is 61.6 Å². The van der Waals surface area contributed by atoms with E-state index >= 15 is 0 Å². The Hall–Kier alpha value is -1.32. The van der Waals surface area contributed by atoms with E-state index in [1.807, 2.05) is 0 Å². The van der Waals surface area contributed by atoms with Gasteiger partial charge < -0.3 is 164 Å². The third-order valence-electron chi connectivity index (χ3n) is 13.3. The molecule has 33 heteroatoms. The number of aliphatic hydroxyl groups is 20. The predicted molar refractivity (Wildman–Crippen MR) is 214 cm³/mol. The van der Waals surface area contributed by atoms with Crippen LogP contribution in [0.4, 0.5) is 0 Å². The topological polar surface area (TPSA) is 525 Å². The zero-order valence-corrected chi connectivity index (χ0v) is 37.7. The van der Waals surface area contributed by atoms with E-state index in [0.29, 0.717) is 0 Å². The molecule has 32 atom stereocenters. The molecule has 7 rings (SSSR count). The molecule has 7 fully saturated rings. The van der Waals surface area contributed by atoms with Crippen LogP contribution in [0, 0.1) is 0 Å². The van der Waals surface area contributed by atoms with Crippen LogP contribution >= 0.6 is 0 Å². The summed E-state index contributed by atoms with van der Waals surface area (Å²) in [5, 5.41) is 211. The van der Waals surface area contributed by atoms with Crippen molar-refractivity contribution >= 4 is 0 Å². The van der Waals surface area contributed by atoms with E-state index in [0.717, 1.165) is 0 Å². The van der Waals surface area contributed by atoms with Gasteiger partial charge in [-0.3, -0.25) is 0 Å². The first kappa shape index (κ1) is 58.4. The summed E-state index contributed by atoms with van der Waals surface area (Å²) in [4.78, 5) is 0. The van der Waals surface area contributed by atoms with E-state index in [4.69, 9.17) is 61.6 Å². The average molecular weight is 1060 g/mol. The average Bonchev–Trinajstić information content (AvgIpc) is 3.36. The summed E-state index contributed by atoms with van der Waals surface area (Å²) in [7, 11) is 0. The lowest BCUT2D eigenvalue weighted by Gasteiger charge is -2.49. The Bertz CT molecular complexity index is 1660. The van der Waals surface area contributed by atoms with Gasteiger partial charge in [-0.25, -0.2) is 0 Å². The van der Waals surface area contributed by atoms with Crippen LogP contribution in [0.2, 0.25) is 0 Å². The molecule has 0 amide bonds. The zero-order chi connectivity index (χ0) is 52.6. The van der Waals surface area contributed by atoms with E-state index in [9.17, 15) is 102 Å². The molecular formula is C39H66O33. The summed E-state index contributed by atoms with van der Waals surface area (Å²) < 4.78 is 72.6. The van der Waals surface area contributed by atoms with Gasteiger partial charge in [-0.1, -0.05) is 0 Å². The minimum atomic E-state index is -2.30. The van der Waals surface area contributed by atoms with Gasteiger partial charge in [-0.15, -0.1) is 0 Å². The van der Waals surface area contributed by atoms with Crippen molar-refractivity contribution < 1.29 is 164 Å². The fourth-order valence-electron chi connectivity index (χ4n) is 8.85. The maximum atomic E-state index is 11.7. The van der Waals surface area contributed by atoms with Crippen molar-refractivity contribution in [3.05, 3.63) is 0 Å². The highest BCUT2D eigenvalue weighted by molar-refractivity contribution is 4.99. The Kier molecular flexibility index (Phi) is 20.3. The monoisotopic (exact) mass is 1060 g/mol. The summed E-state index contributed by atoms with van der Waals surface area (Å²) in [6, 6.07) is 0. The van der Waals surface area contributed by atoms with Crippen molar-refractivity contribution in [2.24, 2.45) is 0 Å². The molecule has 0 bridgehead atoms. The molecule has 7 aliphatic rings. The summed E-state index contributed by atoms with van der Waals surface area (Å²) in [5.74, 6) is 0. The molecular weight excluding hydrogens is 996 g/mol. The summed E-state index contributed by atoms with van der Waals surface area (Å²) in [6.45, 7) is -4.95. The van der Waals surface area contributed by atoms with Gasteiger partial charge >= 0.3 is 0 Å². The van der Waals surface area contributed by atoms with Crippen molar-refractivity contribution in [1.29, 1.82) is 0 Å². The second-order valence-electron chi connectivity index (χ2n) is 18.3. The Morgan fingerprint density at radius 3 is 0.972 bits per heavy atom. The SMILES string of the molecule is OC[C@H]1O[C@@H](O)[C@H](O)[C@@H](O)[C@@H]1O[C@@H]1O[C@H](CO[C@@H]2OC[C@@H](O)[C@H](O)[C@H]2O)[C@@H](O[C@@H]2O[C@H](CO[C@H]3OC[C@@H](O)[C@H](O)[C@H]3O)[C@@H](O[C@@H]3O[C@H](CO[C@H]4OC[C@@H](O)[C@H](O)[C@H]4O)[C@@H](O)[C@H](O)[C@H]3O)[C@H](O)[C@H]2O)[C@H](O)[C@H]1O. The Balaban J connectivity index is 1.11. The quantitative estimate of drug-likeness (QED) is 0.0682. The predicted octanol–water partition coefficient (Wildman–Crippen LogP) is -14.4. The van der Waals surface area contributed by atoms with Gasteiger partial charge in [0.05, 0.1) is 46.2 Å². The third kappa shape index (κ3) is 12.5. The second kappa shape index (κ2) is 25.0. The van der Waals surface area contributed by atoms with Crippen LogP contribution in [0.5, 0.6) is 0 Å². The van der Waals surface area contributed by atoms with Crippen LogP contribution in [0.25, 0.3) is 0 Å². The van der Waals surface area contributed by atoms with Gasteiger partial charge in [-0.05, 0) is 0 Å². The first-order valence-corrected chi connectivity index (χ1v) is 22.9. The molecule has 7 saturated heterocycles. The summed E-state index contributed by atoms with van der Waals surface area (Å²) in [6.07, 6.45) is -60.4. The Labute approximate surface area is 406 Å². The number of rotatable bonds is 16.